The van der Waals surface area contributed by atoms with E-state index in [-0.39, 0.29) is 23.4 Å². The number of pyridine rings is 1. The van der Waals surface area contributed by atoms with Crippen LogP contribution in [-0.2, 0) is 14.2 Å². The topological polar surface area (TPSA) is 134 Å². The Hall–Kier alpha value is -3.75. The zero-order valence-electron chi connectivity index (χ0n) is 25.5. The van der Waals surface area contributed by atoms with Crippen LogP contribution in [0.3, 0.4) is 0 Å². The van der Waals surface area contributed by atoms with Gasteiger partial charge in [0.25, 0.3) is 0 Å². The number of hydrogen-bond donors (Lipinski definition) is 0. The summed E-state index contributed by atoms with van der Waals surface area (Å²) in [4.78, 5) is 58.5. The molecule has 232 valence electrons. The first kappa shape index (κ1) is 31.7. The van der Waals surface area contributed by atoms with Crippen molar-refractivity contribution < 1.29 is 28.6 Å². The highest BCUT2D eigenvalue weighted by Crippen LogP contribution is 2.38. The third-order valence-electron chi connectivity index (χ3n) is 6.29. The van der Waals surface area contributed by atoms with Gasteiger partial charge in [-0.3, -0.25) is 4.90 Å². The minimum Gasteiger partial charge on any atom is -0.465 e. The maximum atomic E-state index is 12.8. The molecular formula is C30H33N5O6S3. The first-order valence-corrected chi connectivity index (χ1v) is 16.6. The van der Waals surface area contributed by atoms with Gasteiger partial charge in [0.15, 0.2) is 5.69 Å². The van der Waals surface area contributed by atoms with Gasteiger partial charge >= 0.3 is 18.0 Å². The van der Waals surface area contributed by atoms with Crippen LogP contribution in [0.25, 0.3) is 32.8 Å². The fourth-order valence-corrected chi connectivity index (χ4v) is 7.01. The Morgan fingerprint density at radius 2 is 1.48 bits per heavy atom. The number of aromatic nitrogens is 4. The van der Waals surface area contributed by atoms with Gasteiger partial charge in [-0.25, -0.2) is 34.3 Å². The van der Waals surface area contributed by atoms with Crippen LogP contribution in [0.5, 0.6) is 0 Å². The Morgan fingerprint density at radius 3 is 2.18 bits per heavy atom. The lowest BCUT2D eigenvalue weighted by Crippen LogP contribution is -2.36. The number of hydrogen-bond acceptors (Lipinski definition) is 13. The third kappa shape index (κ3) is 7.13. The van der Waals surface area contributed by atoms with Crippen molar-refractivity contribution in [2.75, 3.05) is 13.7 Å². The van der Waals surface area contributed by atoms with Gasteiger partial charge in [-0.15, -0.1) is 34.0 Å². The van der Waals surface area contributed by atoms with Gasteiger partial charge in [0.05, 0.1) is 24.4 Å². The lowest BCUT2D eigenvalue weighted by Gasteiger charge is -2.27. The van der Waals surface area contributed by atoms with E-state index in [0.29, 0.717) is 39.3 Å². The zero-order valence-corrected chi connectivity index (χ0v) is 27.9. The van der Waals surface area contributed by atoms with Gasteiger partial charge in [0.2, 0.25) is 0 Å². The van der Waals surface area contributed by atoms with E-state index < -0.39 is 23.1 Å². The number of nitrogens with zero attached hydrogens (tertiary/aromatic N) is 5. The van der Waals surface area contributed by atoms with Crippen molar-refractivity contribution in [3.05, 3.63) is 44.5 Å². The molecule has 1 amide bonds. The molecule has 1 saturated heterocycles. The van der Waals surface area contributed by atoms with E-state index in [2.05, 4.69) is 4.98 Å². The van der Waals surface area contributed by atoms with Gasteiger partial charge in [-0.05, 0) is 66.5 Å². The molecule has 4 aromatic heterocycles. The Labute approximate surface area is 267 Å². The average molecular weight is 656 g/mol. The number of thiazole rings is 3. The second-order valence-electron chi connectivity index (χ2n) is 12.1. The van der Waals surface area contributed by atoms with Crippen molar-refractivity contribution in [2.24, 2.45) is 0 Å². The van der Waals surface area contributed by atoms with E-state index >= 15 is 0 Å². The Morgan fingerprint density at radius 1 is 0.795 bits per heavy atom. The number of ether oxygens (including phenoxy) is 3. The molecule has 1 aliphatic heterocycles. The van der Waals surface area contributed by atoms with Crippen molar-refractivity contribution in [1.82, 2.24) is 24.8 Å². The standard InChI is InChI=1S/C30H33N5O6S3/c1-29(2,3)40-27(37)20-15-43-23(34-20)17-11-10-16(26(36)39-7)22(31-17)18-13-42-24(32-18)19-14-44-25(33-19)21-9-8-12-35(21)28(38)41-30(4,5)6/h10-11,13-15,21H,8-9,12H2,1-7H3/t21-/m0/s1. The van der Waals surface area contributed by atoms with Crippen LogP contribution in [-0.4, -0.2) is 67.7 Å². The normalized spacial score (nSPS) is 15.3. The quantitative estimate of drug-likeness (QED) is 0.154. The summed E-state index contributed by atoms with van der Waals surface area (Å²) in [5.41, 5.74) is 1.15. The Balaban J connectivity index is 1.42. The maximum Gasteiger partial charge on any atom is 0.410 e. The van der Waals surface area contributed by atoms with Crippen LogP contribution in [0.4, 0.5) is 4.79 Å². The molecule has 0 aliphatic carbocycles. The number of carbonyl (C=O) groups is 3. The number of likely N-dealkylation sites (tertiary alicyclic amines) is 1. The highest BCUT2D eigenvalue weighted by Gasteiger charge is 2.35. The lowest BCUT2D eigenvalue weighted by atomic mass is 10.1. The fourth-order valence-electron chi connectivity index (χ4n) is 4.47. The summed E-state index contributed by atoms with van der Waals surface area (Å²) in [5, 5.41) is 7.31. The van der Waals surface area contributed by atoms with Crippen molar-refractivity contribution in [3.63, 3.8) is 0 Å². The fraction of sp³-hybridized carbons (Fsp3) is 0.433. The molecule has 44 heavy (non-hydrogen) atoms. The van der Waals surface area contributed by atoms with E-state index in [4.69, 9.17) is 29.2 Å². The van der Waals surface area contributed by atoms with E-state index in [1.54, 1.807) is 43.2 Å². The molecule has 0 spiro atoms. The molecule has 1 fully saturated rings. The molecule has 1 aliphatic rings. The number of amides is 1. The molecule has 4 aromatic rings. The maximum absolute atomic E-state index is 12.8. The number of esters is 2. The predicted octanol–water partition coefficient (Wildman–Crippen LogP) is 7.27. The summed E-state index contributed by atoms with van der Waals surface area (Å²) >= 11 is 4.10. The first-order valence-electron chi connectivity index (χ1n) is 13.9. The molecule has 0 N–H and O–H groups in total. The van der Waals surface area contributed by atoms with E-state index in [1.165, 1.54) is 41.1 Å². The third-order valence-corrected chi connectivity index (χ3v) is 8.96. The minimum atomic E-state index is -0.649. The first-order chi connectivity index (χ1) is 20.7. The highest BCUT2D eigenvalue weighted by molar-refractivity contribution is 7.14. The Kier molecular flexibility index (Phi) is 8.87. The SMILES string of the molecule is COC(=O)c1ccc(-c2nc(C(=O)OC(C)(C)C)cs2)nc1-c1csc(-c2csc([C@@H]3CCCN3C(=O)OC(C)(C)C)n2)n1. The van der Waals surface area contributed by atoms with Gasteiger partial charge in [-0.2, -0.15) is 0 Å². The molecular weight excluding hydrogens is 623 g/mol. The molecule has 11 nitrogen and oxygen atoms in total. The minimum absolute atomic E-state index is 0.156. The summed E-state index contributed by atoms with van der Waals surface area (Å²) < 4.78 is 16.1. The summed E-state index contributed by atoms with van der Waals surface area (Å²) in [6.07, 6.45) is 1.34. The average Bonchev–Trinajstić information content (AvgIpc) is 3.76. The van der Waals surface area contributed by atoms with Crippen LogP contribution in [0.2, 0.25) is 0 Å². The second kappa shape index (κ2) is 12.3. The van der Waals surface area contributed by atoms with Crippen LogP contribution in [0.1, 0.15) is 86.3 Å². The van der Waals surface area contributed by atoms with E-state index in [9.17, 15) is 14.4 Å². The predicted molar refractivity (Wildman–Crippen MR) is 169 cm³/mol. The smallest absolute Gasteiger partial charge is 0.410 e. The molecule has 0 unspecified atom stereocenters. The molecule has 0 saturated carbocycles. The number of rotatable bonds is 6. The molecule has 0 aromatic carbocycles. The van der Waals surface area contributed by atoms with Crippen LogP contribution < -0.4 is 0 Å². The highest BCUT2D eigenvalue weighted by atomic mass is 32.1. The molecule has 14 heteroatoms. The van der Waals surface area contributed by atoms with E-state index in [0.717, 1.165) is 17.8 Å². The second-order valence-corrected chi connectivity index (χ2v) is 14.7. The molecule has 0 bridgehead atoms. The molecule has 1 atom stereocenters. The van der Waals surface area contributed by atoms with Crippen LogP contribution in [0, 0.1) is 0 Å². The van der Waals surface area contributed by atoms with Gasteiger partial charge in [0, 0.05) is 22.7 Å². The van der Waals surface area contributed by atoms with Gasteiger partial charge in [0.1, 0.15) is 43.3 Å². The largest absolute Gasteiger partial charge is 0.465 e. The number of carbonyl (C=O) groups excluding carboxylic acids is 3. The van der Waals surface area contributed by atoms with Crippen molar-refractivity contribution >= 4 is 52.0 Å². The van der Waals surface area contributed by atoms with Crippen molar-refractivity contribution in [1.29, 1.82) is 0 Å². The van der Waals surface area contributed by atoms with Crippen molar-refractivity contribution in [2.45, 2.75) is 71.6 Å². The summed E-state index contributed by atoms with van der Waals surface area (Å²) in [6, 6.07) is 3.12. The van der Waals surface area contributed by atoms with Crippen LogP contribution in [0.15, 0.2) is 28.3 Å². The van der Waals surface area contributed by atoms with E-state index in [1.807, 2.05) is 31.5 Å². The number of methoxy groups -OCH3 is 1. The molecule has 5 heterocycles. The molecule has 5 rings (SSSR count). The van der Waals surface area contributed by atoms with Gasteiger partial charge in [-0.1, -0.05) is 0 Å². The van der Waals surface area contributed by atoms with Gasteiger partial charge < -0.3 is 14.2 Å². The molecule has 0 radical (unpaired) electrons. The Bertz CT molecular complexity index is 1700. The summed E-state index contributed by atoms with van der Waals surface area (Å²) in [6.45, 7) is 11.6. The monoisotopic (exact) mass is 655 g/mol. The van der Waals surface area contributed by atoms with Crippen molar-refractivity contribution in [3.8, 4) is 32.8 Å². The zero-order chi connectivity index (χ0) is 31.8. The summed E-state index contributed by atoms with van der Waals surface area (Å²) in [5.74, 6) is -1.08. The summed E-state index contributed by atoms with van der Waals surface area (Å²) in [7, 11) is 1.31. The lowest BCUT2D eigenvalue weighted by molar-refractivity contribution is 0.00628. The van der Waals surface area contributed by atoms with Crippen LogP contribution >= 0.6 is 34.0 Å².